The molecule has 0 aliphatic carbocycles. The first-order valence-corrected chi connectivity index (χ1v) is 7.14. The highest BCUT2D eigenvalue weighted by Crippen LogP contribution is 2.12. The summed E-state index contributed by atoms with van der Waals surface area (Å²) in [5.41, 5.74) is 0.847. The van der Waals surface area contributed by atoms with Crippen LogP contribution in [0, 0.1) is 12.7 Å². The lowest BCUT2D eigenvalue weighted by Crippen LogP contribution is -1.99. The average molecular weight is 371 g/mol. The smallest absolute Gasteiger partial charge is 0.188 e. The summed E-state index contributed by atoms with van der Waals surface area (Å²) in [5, 5.41) is 0.451. The number of thiol groups is 1. The Balaban J connectivity index is 0. The third-order valence-corrected chi connectivity index (χ3v) is 2.81. The second kappa shape index (κ2) is 12.1. The van der Waals surface area contributed by atoms with E-state index >= 15 is 0 Å². The molecule has 0 aromatic heterocycles. The largest absolute Gasteiger partial charge is 0.243 e. The first-order valence-electron chi connectivity index (χ1n) is 5.00. The summed E-state index contributed by atoms with van der Waals surface area (Å²) in [4.78, 5) is 0. The number of halogens is 3. The summed E-state index contributed by atoms with van der Waals surface area (Å²) in [6, 6.07) is 4.44. The van der Waals surface area contributed by atoms with Crippen molar-refractivity contribution in [1.82, 2.24) is 0 Å². The molecule has 0 spiro atoms. The molecule has 0 atom stereocenters. The highest BCUT2D eigenvalue weighted by molar-refractivity contribution is 14.1. The maximum absolute atomic E-state index is 12.3. The van der Waals surface area contributed by atoms with Gasteiger partial charge >= 0.3 is 0 Å². The van der Waals surface area contributed by atoms with Crippen molar-refractivity contribution in [1.29, 1.82) is 0 Å². The monoisotopic (exact) mass is 371 g/mol. The fourth-order valence-electron chi connectivity index (χ4n) is 0.692. The first-order chi connectivity index (χ1) is 7.45. The Morgan fingerprint density at radius 2 is 1.81 bits per heavy atom. The lowest BCUT2D eigenvalue weighted by Gasteiger charge is -1.92. The highest BCUT2D eigenvalue weighted by Gasteiger charge is 1.93. The average Bonchev–Trinajstić information content (AvgIpc) is 2.19. The second-order valence-electron chi connectivity index (χ2n) is 2.77. The van der Waals surface area contributed by atoms with Gasteiger partial charge in [0, 0.05) is 5.02 Å². The van der Waals surface area contributed by atoms with Crippen molar-refractivity contribution >= 4 is 57.4 Å². The topological polar surface area (TPSA) is 0 Å². The Hall–Kier alpha value is 0.650. The fourth-order valence-corrected chi connectivity index (χ4v) is 0.968. The minimum Gasteiger partial charge on any atom is -0.243 e. The molecule has 0 aliphatic heterocycles. The van der Waals surface area contributed by atoms with Gasteiger partial charge in [0.05, 0.1) is 0 Å². The molecule has 0 bridgehead atoms. The van der Waals surface area contributed by atoms with Crippen LogP contribution in [0.1, 0.15) is 19.4 Å². The van der Waals surface area contributed by atoms with Crippen molar-refractivity contribution in [2.24, 2.45) is 0 Å². The van der Waals surface area contributed by atoms with Crippen LogP contribution >= 0.6 is 46.5 Å². The van der Waals surface area contributed by atoms with E-state index in [0.717, 1.165) is 5.56 Å². The van der Waals surface area contributed by atoms with Crippen molar-refractivity contribution < 1.29 is 4.39 Å². The fraction of sp³-hybridized carbons (Fsp3) is 0.400. The highest BCUT2D eigenvalue weighted by atomic mass is 127. The molecular formula is C10H16B2ClFIS. The van der Waals surface area contributed by atoms with Crippen LogP contribution < -0.4 is 0 Å². The van der Waals surface area contributed by atoms with Gasteiger partial charge in [-0.2, -0.15) is 22.4 Å². The molecule has 0 nitrogen and oxygen atoms in total. The molecule has 0 saturated heterocycles. The molecule has 0 N–H and O–H groups in total. The molecule has 6 heteroatoms. The summed E-state index contributed by atoms with van der Waals surface area (Å²) in [6.07, 6.45) is 1.85. The molecule has 0 heterocycles. The minimum absolute atomic E-state index is 0.278. The van der Waals surface area contributed by atoms with Gasteiger partial charge in [0.25, 0.3) is 0 Å². The van der Waals surface area contributed by atoms with Crippen LogP contribution in [0.15, 0.2) is 18.2 Å². The molecule has 0 fully saturated rings. The van der Waals surface area contributed by atoms with Crippen molar-refractivity contribution in [3.63, 3.8) is 0 Å². The van der Waals surface area contributed by atoms with E-state index in [1.807, 2.05) is 20.3 Å². The SMILES string of the molecule is CB(I)[B]S.CC.Cc1cc(F)cc(Cl)c1. The third kappa shape index (κ3) is 12.7. The van der Waals surface area contributed by atoms with Crippen molar-refractivity contribution in [3.8, 4) is 0 Å². The van der Waals surface area contributed by atoms with Crippen LogP contribution in [0.25, 0.3) is 0 Å². The quantitative estimate of drug-likeness (QED) is 0.405. The van der Waals surface area contributed by atoms with Gasteiger partial charge in [-0.1, -0.05) is 32.3 Å². The Kier molecular flexibility index (Phi) is 14.4. The molecule has 0 saturated carbocycles. The number of hydrogen-bond donors (Lipinski definition) is 1. The van der Waals surface area contributed by atoms with Gasteiger partial charge in [0.15, 0.2) is 10.9 Å². The predicted molar refractivity (Wildman–Crippen MR) is 87.9 cm³/mol. The number of rotatable bonds is 1. The van der Waals surface area contributed by atoms with E-state index in [1.165, 1.54) is 12.1 Å². The summed E-state index contributed by atoms with van der Waals surface area (Å²) < 4.78 is 12.9. The normalized spacial score (nSPS) is 8.00. The number of hydrogen-bond acceptors (Lipinski definition) is 1. The van der Waals surface area contributed by atoms with E-state index in [2.05, 4.69) is 41.7 Å². The van der Waals surface area contributed by atoms with Gasteiger partial charge < -0.3 is 0 Å². The molecule has 0 unspecified atom stereocenters. The summed E-state index contributed by atoms with van der Waals surface area (Å²) in [7, 11) is 0. The predicted octanol–water partition coefficient (Wildman–Crippen LogP) is 4.90. The number of aryl methyl sites for hydroxylation is 1. The van der Waals surface area contributed by atoms with E-state index < -0.39 is 0 Å². The van der Waals surface area contributed by atoms with E-state index in [4.69, 9.17) is 11.6 Å². The standard InChI is InChI=1S/C7H6ClF.C2H6.CH4B2IS/c1-5-2-6(8)4-7(9)3-5;1-2;1-3(4)2-5/h2-4H,1H3;1-2H3;5H,1H3. The zero-order chi connectivity index (χ0) is 13.1. The zero-order valence-electron chi connectivity index (χ0n) is 9.97. The van der Waals surface area contributed by atoms with Crippen molar-refractivity contribution in [2.45, 2.75) is 27.6 Å². The molecule has 1 radical (unpaired) electrons. The van der Waals surface area contributed by atoms with Crippen molar-refractivity contribution in [3.05, 3.63) is 34.6 Å². The molecule has 1 aromatic rings. The van der Waals surface area contributed by atoms with Crippen LogP contribution in [-0.2, 0) is 0 Å². The third-order valence-electron chi connectivity index (χ3n) is 1.21. The molecule has 0 aliphatic rings. The Morgan fingerprint density at radius 3 is 2.06 bits per heavy atom. The van der Waals surface area contributed by atoms with E-state index in [-0.39, 0.29) is 5.82 Å². The van der Waals surface area contributed by atoms with Crippen LogP contribution in [-0.4, -0.2) is 10.9 Å². The Morgan fingerprint density at radius 1 is 1.38 bits per heavy atom. The maximum Gasteiger partial charge on any atom is 0.188 e. The van der Waals surface area contributed by atoms with E-state index in [1.54, 1.807) is 13.0 Å². The first kappa shape index (κ1) is 19.0. The molecule has 0 amide bonds. The van der Waals surface area contributed by atoms with Crippen LogP contribution in [0.2, 0.25) is 11.8 Å². The van der Waals surface area contributed by atoms with Crippen LogP contribution in [0.3, 0.4) is 0 Å². The molecule has 16 heavy (non-hydrogen) atoms. The lowest BCUT2D eigenvalue weighted by atomic mass is 9.56. The summed E-state index contributed by atoms with van der Waals surface area (Å²) in [6.45, 7) is 7.88. The molecular weight excluding hydrogens is 355 g/mol. The molecule has 1 rings (SSSR count). The second-order valence-corrected chi connectivity index (χ2v) is 5.47. The zero-order valence-corrected chi connectivity index (χ0v) is 13.8. The Bertz CT molecular complexity index is 237. The van der Waals surface area contributed by atoms with Gasteiger partial charge in [0.2, 0.25) is 0 Å². The van der Waals surface area contributed by atoms with Crippen molar-refractivity contribution in [2.75, 3.05) is 0 Å². The summed E-state index contributed by atoms with van der Waals surface area (Å²) in [5.74, 6) is -0.278. The van der Waals surface area contributed by atoms with Gasteiger partial charge in [-0.25, -0.2) is 16.9 Å². The summed E-state index contributed by atoms with van der Waals surface area (Å²) >= 11 is 11.7. The maximum atomic E-state index is 12.3. The van der Waals surface area contributed by atoms with Crippen LogP contribution in [0.4, 0.5) is 4.39 Å². The Labute approximate surface area is 123 Å². The van der Waals surface area contributed by atoms with Gasteiger partial charge in [0.1, 0.15) is 5.82 Å². The lowest BCUT2D eigenvalue weighted by molar-refractivity contribution is 0.627. The minimum atomic E-state index is -0.278. The van der Waals surface area contributed by atoms with Crippen LogP contribution in [0.5, 0.6) is 0 Å². The molecule has 1 aromatic carbocycles. The van der Waals surface area contributed by atoms with Gasteiger partial charge in [-0.15, -0.1) is 0 Å². The van der Waals surface area contributed by atoms with E-state index in [0.29, 0.717) is 9.48 Å². The number of benzene rings is 1. The van der Waals surface area contributed by atoms with Gasteiger partial charge in [-0.05, 0) is 30.7 Å². The van der Waals surface area contributed by atoms with E-state index in [9.17, 15) is 4.39 Å². The molecule has 89 valence electrons. The van der Waals surface area contributed by atoms with Gasteiger partial charge in [-0.3, -0.25) is 0 Å².